The van der Waals surface area contributed by atoms with E-state index in [9.17, 15) is 9.90 Å². The lowest BCUT2D eigenvalue weighted by Crippen LogP contribution is -2.28. The van der Waals surface area contributed by atoms with Crippen LogP contribution in [0.5, 0.6) is 0 Å². The number of aliphatic hydroxyl groups is 1. The summed E-state index contributed by atoms with van der Waals surface area (Å²) in [5.74, 6) is 0.524. The standard InChI is InChI=1S/C31H61NO3/c1-5-7-9-11-13-16-20-30(21-17-14-12-10-8-6-2)28-35-31(34)22-18-15-19-24-32(26-27-33)25-23-29(3)4/h23,30,33H,5-22,24-28H2,1-4H3. The van der Waals surface area contributed by atoms with E-state index in [4.69, 9.17) is 4.74 Å². The molecule has 0 amide bonds. The van der Waals surface area contributed by atoms with Gasteiger partial charge in [-0.15, -0.1) is 0 Å². The van der Waals surface area contributed by atoms with Gasteiger partial charge in [0.1, 0.15) is 0 Å². The molecule has 0 saturated carbocycles. The molecule has 208 valence electrons. The molecular formula is C31H61NO3. The smallest absolute Gasteiger partial charge is 0.305 e. The van der Waals surface area contributed by atoms with Crippen molar-refractivity contribution in [1.82, 2.24) is 4.90 Å². The zero-order valence-corrected chi connectivity index (χ0v) is 24.1. The highest BCUT2D eigenvalue weighted by Crippen LogP contribution is 2.20. The largest absolute Gasteiger partial charge is 0.465 e. The van der Waals surface area contributed by atoms with Gasteiger partial charge in [-0.3, -0.25) is 9.69 Å². The fourth-order valence-electron chi connectivity index (χ4n) is 4.55. The molecule has 4 heteroatoms. The van der Waals surface area contributed by atoms with Crippen LogP contribution in [0.1, 0.15) is 143 Å². The Hall–Kier alpha value is -0.870. The van der Waals surface area contributed by atoms with Gasteiger partial charge in [-0.2, -0.15) is 0 Å². The summed E-state index contributed by atoms with van der Waals surface area (Å²) < 4.78 is 5.74. The molecule has 0 atom stereocenters. The number of unbranched alkanes of at least 4 members (excludes halogenated alkanes) is 12. The van der Waals surface area contributed by atoms with E-state index in [0.717, 1.165) is 32.4 Å². The number of esters is 1. The summed E-state index contributed by atoms with van der Waals surface area (Å²) in [6.07, 6.45) is 24.1. The summed E-state index contributed by atoms with van der Waals surface area (Å²) >= 11 is 0. The van der Waals surface area contributed by atoms with Crippen molar-refractivity contribution in [1.29, 1.82) is 0 Å². The van der Waals surface area contributed by atoms with Crippen LogP contribution in [0.4, 0.5) is 0 Å². The third-order valence-corrected chi connectivity index (χ3v) is 6.94. The number of hydrogen-bond acceptors (Lipinski definition) is 4. The van der Waals surface area contributed by atoms with Gasteiger partial charge in [0, 0.05) is 19.5 Å². The van der Waals surface area contributed by atoms with E-state index in [1.165, 1.54) is 95.5 Å². The fraction of sp³-hybridized carbons (Fsp3) is 0.903. The molecule has 0 fully saturated rings. The molecule has 0 saturated heterocycles. The quantitative estimate of drug-likeness (QED) is 0.0742. The summed E-state index contributed by atoms with van der Waals surface area (Å²) in [6, 6.07) is 0. The molecule has 0 unspecified atom stereocenters. The van der Waals surface area contributed by atoms with E-state index in [1.807, 2.05) is 0 Å². The first kappa shape index (κ1) is 34.1. The van der Waals surface area contributed by atoms with Crippen molar-refractivity contribution in [3.05, 3.63) is 11.6 Å². The molecule has 0 aromatic heterocycles. The predicted molar refractivity (Wildman–Crippen MR) is 152 cm³/mol. The molecule has 0 radical (unpaired) electrons. The van der Waals surface area contributed by atoms with Gasteiger partial charge < -0.3 is 9.84 Å². The topological polar surface area (TPSA) is 49.8 Å². The third-order valence-electron chi connectivity index (χ3n) is 6.94. The minimum Gasteiger partial charge on any atom is -0.465 e. The van der Waals surface area contributed by atoms with Gasteiger partial charge in [-0.1, -0.05) is 109 Å². The Kier molecular flexibility index (Phi) is 25.5. The van der Waals surface area contributed by atoms with Crippen molar-refractivity contribution < 1.29 is 14.6 Å². The van der Waals surface area contributed by atoms with Crippen molar-refractivity contribution in [3.8, 4) is 0 Å². The second-order valence-corrected chi connectivity index (χ2v) is 10.8. The SMILES string of the molecule is CCCCCCCCC(CCCCCCCC)COC(=O)CCCCCN(CC=C(C)C)CCO. The van der Waals surface area contributed by atoms with Crippen LogP contribution in [0, 0.1) is 5.92 Å². The number of nitrogens with zero attached hydrogens (tertiary/aromatic N) is 1. The lowest BCUT2D eigenvalue weighted by atomic mass is 9.94. The lowest BCUT2D eigenvalue weighted by molar-refractivity contribution is -0.145. The second kappa shape index (κ2) is 26.2. The second-order valence-electron chi connectivity index (χ2n) is 10.8. The van der Waals surface area contributed by atoms with Crippen LogP contribution < -0.4 is 0 Å². The Balaban J connectivity index is 4.15. The fourth-order valence-corrected chi connectivity index (χ4v) is 4.55. The van der Waals surface area contributed by atoms with E-state index >= 15 is 0 Å². The Labute approximate surface area is 219 Å². The van der Waals surface area contributed by atoms with Crippen molar-refractivity contribution in [2.45, 2.75) is 143 Å². The van der Waals surface area contributed by atoms with Gasteiger partial charge in [0.05, 0.1) is 13.2 Å². The molecule has 4 nitrogen and oxygen atoms in total. The number of carbonyl (C=O) groups is 1. The average Bonchev–Trinajstić information content (AvgIpc) is 2.84. The molecular weight excluding hydrogens is 434 g/mol. The van der Waals surface area contributed by atoms with Crippen LogP contribution in [0.2, 0.25) is 0 Å². The van der Waals surface area contributed by atoms with E-state index in [0.29, 0.717) is 25.5 Å². The average molecular weight is 496 g/mol. The summed E-state index contributed by atoms with van der Waals surface area (Å²) in [4.78, 5) is 14.6. The Morgan fingerprint density at radius 2 is 1.31 bits per heavy atom. The van der Waals surface area contributed by atoms with Crippen molar-refractivity contribution in [2.24, 2.45) is 5.92 Å². The highest BCUT2D eigenvalue weighted by atomic mass is 16.5. The highest BCUT2D eigenvalue weighted by molar-refractivity contribution is 5.69. The molecule has 0 rings (SSSR count). The normalized spacial score (nSPS) is 11.4. The maximum absolute atomic E-state index is 12.3. The summed E-state index contributed by atoms with van der Waals surface area (Å²) in [7, 11) is 0. The van der Waals surface area contributed by atoms with Crippen LogP contribution in [-0.4, -0.2) is 48.8 Å². The van der Waals surface area contributed by atoms with Gasteiger partial charge in [-0.05, 0) is 52.0 Å². The first-order chi connectivity index (χ1) is 17.0. The monoisotopic (exact) mass is 495 g/mol. The van der Waals surface area contributed by atoms with Gasteiger partial charge in [0.25, 0.3) is 0 Å². The first-order valence-corrected chi connectivity index (χ1v) is 15.2. The maximum atomic E-state index is 12.3. The van der Waals surface area contributed by atoms with Crippen molar-refractivity contribution >= 4 is 5.97 Å². The number of rotatable bonds is 26. The molecule has 0 spiro atoms. The Bertz CT molecular complexity index is 472. The van der Waals surface area contributed by atoms with E-state index in [-0.39, 0.29) is 12.6 Å². The number of carbonyl (C=O) groups excluding carboxylic acids is 1. The van der Waals surface area contributed by atoms with Crippen molar-refractivity contribution in [3.63, 3.8) is 0 Å². The molecule has 0 aliphatic carbocycles. The highest BCUT2D eigenvalue weighted by Gasteiger charge is 2.12. The molecule has 0 bridgehead atoms. The third kappa shape index (κ3) is 24.6. The summed E-state index contributed by atoms with van der Waals surface area (Å²) in [6.45, 7) is 12.1. The summed E-state index contributed by atoms with van der Waals surface area (Å²) in [5, 5.41) is 9.26. The number of aliphatic hydroxyl groups excluding tert-OH is 1. The lowest BCUT2D eigenvalue weighted by Gasteiger charge is -2.19. The van der Waals surface area contributed by atoms with Crippen molar-refractivity contribution in [2.75, 3.05) is 32.8 Å². The zero-order valence-electron chi connectivity index (χ0n) is 24.1. The summed E-state index contributed by atoms with van der Waals surface area (Å²) in [5.41, 5.74) is 1.31. The Morgan fingerprint density at radius 1 is 0.771 bits per heavy atom. The van der Waals surface area contributed by atoms with E-state index in [1.54, 1.807) is 0 Å². The van der Waals surface area contributed by atoms with E-state index < -0.39 is 0 Å². The molecule has 0 heterocycles. The Morgan fingerprint density at radius 3 is 1.86 bits per heavy atom. The predicted octanol–water partition coefficient (Wildman–Crippen LogP) is 8.47. The van der Waals surface area contributed by atoms with Crippen LogP contribution in [-0.2, 0) is 9.53 Å². The van der Waals surface area contributed by atoms with Crippen LogP contribution in [0.25, 0.3) is 0 Å². The van der Waals surface area contributed by atoms with Gasteiger partial charge in [0.15, 0.2) is 0 Å². The first-order valence-electron chi connectivity index (χ1n) is 15.2. The van der Waals surface area contributed by atoms with Gasteiger partial charge in [-0.25, -0.2) is 0 Å². The van der Waals surface area contributed by atoms with Gasteiger partial charge in [0.2, 0.25) is 0 Å². The van der Waals surface area contributed by atoms with Crippen LogP contribution in [0.3, 0.4) is 0 Å². The zero-order chi connectivity index (χ0) is 26.0. The number of hydrogen-bond donors (Lipinski definition) is 1. The molecule has 0 aliphatic heterocycles. The van der Waals surface area contributed by atoms with Crippen LogP contribution in [0.15, 0.2) is 11.6 Å². The molecule has 1 N–H and O–H groups in total. The minimum atomic E-state index is -0.0161. The van der Waals surface area contributed by atoms with E-state index in [2.05, 4.69) is 38.7 Å². The number of allylic oxidation sites excluding steroid dienone is 1. The van der Waals surface area contributed by atoms with Gasteiger partial charge >= 0.3 is 5.97 Å². The molecule has 35 heavy (non-hydrogen) atoms. The maximum Gasteiger partial charge on any atom is 0.305 e. The molecule has 0 aliphatic rings. The minimum absolute atomic E-state index is 0.0161. The van der Waals surface area contributed by atoms with Crippen LogP contribution >= 0.6 is 0 Å². The number of ether oxygens (including phenoxy) is 1. The molecule has 0 aromatic carbocycles. The molecule has 0 aromatic rings.